The van der Waals surface area contributed by atoms with Crippen LogP contribution in [0.5, 0.6) is 5.75 Å². The zero-order valence-electron chi connectivity index (χ0n) is 11.5. The first-order valence-corrected chi connectivity index (χ1v) is 7.72. The van der Waals surface area contributed by atoms with E-state index in [1.807, 2.05) is 13.8 Å². The first kappa shape index (κ1) is 15.8. The highest BCUT2D eigenvalue weighted by atomic mass is 32.1. The SMILES string of the molecule is CCCCCc1cc(C(C)S)c(O)c(C(C)S)c1. The molecule has 0 aromatic heterocycles. The molecular formula is C15H24OS2. The van der Waals surface area contributed by atoms with Gasteiger partial charge in [0.25, 0.3) is 0 Å². The highest BCUT2D eigenvalue weighted by molar-refractivity contribution is 7.80. The summed E-state index contributed by atoms with van der Waals surface area (Å²) < 4.78 is 0. The number of phenols is 1. The van der Waals surface area contributed by atoms with Gasteiger partial charge < -0.3 is 5.11 Å². The van der Waals surface area contributed by atoms with Crippen molar-refractivity contribution in [3.8, 4) is 5.75 Å². The first-order valence-electron chi connectivity index (χ1n) is 6.69. The molecule has 0 bridgehead atoms. The summed E-state index contributed by atoms with van der Waals surface area (Å²) in [6.45, 7) is 6.18. The van der Waals surface area contributed by atoms with E-state index in [0.29, 0.717) is 5.75 Å². The Labute approximate surface area is 122 Å². The maximum atomic E-state index is 10.2. The Morgan fingerprint density at radius 2 is 1.56 bits per heavy atom. The van der Waals surface area contributed by atoms with E-state index in [1.54, 1.807) is 0 Å². The zero-order chi connectivity index (χ0) is 13.7. The normalized spacial score (nSPS) is 14.5. The first-order chi connectivity index (χ1) is 8.47. The number of hydrogen-bond donors (Lipinski definition) is 3. The molecule has 1 aromatic rings. The molecule has 1 N–H and O–H groups in total. The molecule has 0 aliphatic carbocycles. The van der Waals surface area contributed by atoms with Gasteiger partial charge in [-0.25, -0.2) is 0 Å². The number of rotatable bonds is 6. The number of hydrogen-bond acceptors (Lipinski definition) is 3. The van der Waals surface area contributed by atoms with E-state index >= 15 is 0 Å². The molecule has 0 saturated heterocycles. The molecule has 0 aliphatic heterocycles. The number of phenolic OH excluding ortho intramolecular Hbond substituents is 1. The molecule has 2 unspecified atom stereocenters. The third-order valence-electron chi connectivity index (χ3n) is 3.20. The molecule has 3 heteroatoms. The van der Waals surface area contributed by atoms with Gasteiger partial charge in [0.05, 0.1) is 0 Å². The number of aryl methyl sites for hydroxylation is 1. The highest BCUT2D eigenvalue weighted by Gasteiger charge is 2.15. The van der Waals surface area contributed by atoms with Crippen LogP contribution >= 0.6 is 25.3 Å². The molecule has 0 saturated carbocycles. The minimum absolute atomic E-state index is 0.0435. The van der Waals surface area contributed by atoms with Crippen LogP contribution in [0.2, 0.25) is 0 Å². The maximum absolute atomic E-state index is 10.2. The summed E-state index contributed by atoms with van der Waals surface area (Å²) in [5.74, 6) is 0.360. The van der Waals surface area contributed by atoms with Crippen LogP contribution in [0.3, 0.4) is 0 Å². The van der Waals surface area contributed by atoms with Crippen LogP contribution in [-0.2, 0) is 6.42 Å². The molecule has 1 rings (SSSR count). The molecule has 0 aliphatic rings. The van der Waals surface area contributed by atoms with Crippen molar-refractivity contribution in [1.82, 2.24) is 0 Å². The largest absolute Gasteiger partial charge is 0.507 e. The number of unbranched alkanes of at least 4 members (excludes halogenated alkanes) is 2. The van der Waals surface area contributed by atoms with Gasteiger partial charge in [0.1, 0.15) is 5.75 Å². The lowest BCUT2D eigenvalue weighted by Crippen LogP contribution is -1.97. The van der Waals surface area contributed by atoms with Gasteiger partial charge >= 0.3 is 0 Å². The van der Waals surface area contributed by atoms with Gasteiger partial charge in [-0.05, 0) is 32.3 Å². The summed E-state index contributed by atoms with van der Waals surface area (Å²) in [5, 5.41) is 10.3. The zero-order valence-corrected chi connectivity index (χ0v) is 13.3. The van der Waals surface area contributed by atoms with E-state index in [4.69, 9.17) is 0 Å². The monoisotopic (exact) mass is 284 g/mol. The molecule has 0 radical (unpaired) electrons. The van der Waals surface area contributed by atoms with Crippen molar-refractivity contribution in [3.63, 3.8) is 0 Å². The van der Waals surface area contributed by atoms with E-state index in [-0.39, 0.29) is 10.5 Å². The average molecular weight is 284 g/mol. The summed E-state index contributed by atoms with van der Waals surface area (Å²) >= 11 is 8.89. The summed E-state index contributed by atoms with van der Waals surface area (Å²) in [5.41, 5.74) is 3.12. The van der Waals surface area contributed by atoms with E-state index in [0.717, 1.165) is 17.5 Å². The fourth-order valence-corrected chi connectivity index (χ4v) is 2.50. The van der Waals surface area contributed by atoms with Gasteiger partial charge in [-0.2, -0.15) is 25.3 Å². The van der Waals surface area contributed by atoms with Gasteiger partial charge in [-0.3, -0.25) is 0 Å². The lowest BCUT2D eigenvalue weighted by atomic mass is 9.97. The van der Waals surface area contributed by atoms with E-state index in [2.05, 4.69) is 44.3 Å². The molecule has 0 amide bonds. The predicted octanol–water partition coefficient (Wildman–Crippen LogP) is 5.11. The van der Waals surface area contributed by atoms with Crippen LogP contribution < -0.4 is 0 Å². The molecule has 0 spiro atoms. The van der Waals surface area contributed by atoms with E-state index < -0.39 is 0 Å². The minimum atomic E-state index is 0.0435. The summed E-state index contributed by atoms with van der Waals surface area (Å²) in [6, 6.07) is 4.17. The maximum Gasteiger partial charge on any atom is 0.124 e. The molecule has 102 valence electrons. The second kappa shape index (κ2) is 7.34. The lowest BCUT2D eigenvalue weighted by Gasteiger charge is -2.16. The third kappa shape index (κ3) is 4.13. The van der Waals surface area contributed by atoms with Gasteiger partial charge in [0, 0.05) is 21.6 Å². The molecule has 2 atom stereocenters. The Balaban J connectivity index is 3.05. The fraction of sp³-hybridized carbons (Fsp3) is 0.600. The van der Waals surface area contributed by atoms with E-state index in [9.17, 15) is 5.11 Å². The van der Waals surface area contributed by atoms with Gasteiger partial charge in [0.2, 0.25) is 0 Å². The summed E-state index contributed by atoms with van der Waals surface area (Å²) in [7, 11) is 0. The summed E-state index contributed by atoms with van der Waals surface area (Å²) in [6.07, 6.45) is 4.74. The standard InChI is InChI=1S/C15H24OS2/c1-4-5-6-7-12-8-13(10(2)17)15(16)14(9-12)11(3)18/h8-11,16-18H,4-7H2,1-3H3. The number of thiol groups is 2. The quantitative estimate of drug-likeness (QED) is 0.490. The molecule has 0 heterocycles. The Kier molecular flexibility index (Phi) is 6.44. The molecule has 1 aromatic carbocycles. The highest BCUT2D eigenvalue weighted by Crippen LogP contribution is 2.37. The van der Waals surface area contributed by atoms with Crippen molar-refractivity contribution in [1.29, 1.82) is 0 Å². The van der Waals surface area contributed by atoms with Gasteiger partial charge in [0.15, 0.2) is 0 Å². The second-order valence-corrected chi connectivity index (χ2v) is 6.48. The van der Waals surface area contributed by atoms with Crippen LogP contribution in [0.4, 0.5) is 0 Å². The van der Waals surface area contributed by atoms with Crippen molar-refractivity contribution in [3.05, 3.63) is 28.8 Å². The van der Waals surface area contributed by atoms with Crippen molar-refractivity contribution < 1.29 is 5.11 Å². The lowest BCUT2D eigenvalue weighted by molar-refractivity contribution is 0.461. The molecular weight excluding hydrogens is 260 g/mol. The van der Waals surface area contributed by atoms with Crippen LogP contribution in [0.1, 0.15) is 67.2 Å². The van der Waals surface area contributed by atoms with Gasteiger partial charge in [-0.15, -0.1) is 0 Å². The molecule has 18 heavy (non-hydrogen) atoms. The average Bonchev–Trinajstić information content (AvgIpc) is 2.30. The Morgan fingerprint density at radius 1 is 1.06 bits per heavy atom. The van der Waals surface area contributed by atoms with Crippen LogP contribution in [0.15, 0.2) is 12.1 Å². The Bertz CT molecular complexity index is 357. The fourth-order valence-electron chi connectivity index (χ4n) is 2.10. The van der Waals surface area contributed by atoms with Crippen molar-refractivity contribution in [2.45, 2.75) is 57.0 Å². The predicted molar refractivity (Wildman–Crippen MR) is 86.1 cm³/mol. The van der Waals surface area contributed by atoms with Gasteiger partial charge in [-0.1, -0.05) is 31.9 Å². The number of benzene rings is 1. The van der Waals surface area contributed by atoms with Crippen LogP contribution in [0.25, 0.3) is 0 Å². The van der Waals surface area contributed by atoms with Crippen molar-refractivity contribution in [2.75, 3.05) is 0 Å². The number of aromatic hydroxyl groups is 1. The third-order valence-corrected chi connectivity index (χ3v) is 3.75. The van der Waals surface area contributed by atoms with E-state index in [1.165, 1.54) is 24.8 Å². The Hall–Kier alpha value is -0.280. The topological polar surface area (TPSA) is 20.2 Å². The minimum Gasteiger partial charge on any atom is -0.507 e. The molecule has 0 fully saturated rings. The second-order valence-electron chi connectivity index (χ2n) is 4.93. The van der Waals surface area contributed by atoms with Crippen molar-refractivity contribution in [2.24, 2.45) is 0 Å². The van der Waals surface area contributed by atoms with Crippen molar-refractivity contribution >= 4 is 25.3 Å². The summed E-state index contributed by atoms with van der Waals surface area (Å²) in [4.78, 5) is 0. The molecule has 1 nitrogen and oxygen atoms in total. The van der Waals surface area contributed by atoms with Crippen LogP contribution in [-0.4, -0.2) is 5.11 Å². The Morgan fingerprint density at radius 3 is 1.94 bits per heavy atom. The van der Waals surface area contributed by atoms with Crippen LogP contribution in [0, 0.1) is 0 Å². The smallest absolute Gasteiger partial charge is 0.124 e.